The van der Waals surface area contributed by atoms with E-state index in [9.17, 15) is 0 Å². The van der Waals surface area contributed by atoms with Gasteiger partial charge in [-0.2, -0.15) is 0 Å². The summed E-state index contributed by atoms with van der Waals surface area (Å²) in [4.78, 5) is 0. The molecule has 2 aromatic carbocycles. The number of hydrogen-bond acceptors (Lipinski definition) is 1. The average Bonchev–Trinajstić information content (AvgIpc) is 2.40. The van der Waals surface area contributed by atoms with Crippen LogP contribution in [0.2, 0.25) is 13.1 Å². The van der Waals surface area contributed by atoms with Gasteiger partial charge in [0, 0.05) is 0 Å². The summed E-state index contributed by atoms with van der Waals surface area (Å²) in [7, 11) is -4.99. The maximum atomic E-state index is 6.66. The van der Waals surface area contributed by atoms with Gasteiger partial charge >= 0.3 is 15.3 Å². The van der Waals surface area contributed by atoms with E-state index in [0.29, 0.717) is 0 Å². The molecule has 2 atom stereocenters. The smallest absolute Gasteiger partial charge is 0.310 e. The van der Waals surface area contributed by atoms with Gasteiger partial charge in [-0.3, -0.25) is 0 Å². The molecule has 2 rings (SSSR count). The van der Waals surface area contributed by atoms with Crippen LogP contribution in [0.5, 0.6) is 0 Å². The van der Waals surface area contributed by atoms with Crippen LogP contribution in [-0.2, 0) is 4.12 Å². The fraction of sp³-hybridized carbons (Fsp3) is 0.143. The molecule has 0 saturated heterocycles. The lowest BCUT2D eigenvalue weighted by atomic mass is 10.4. The fourth-order valence-corrected chi connectivity index (χ4v) is 11.2. The van der Waals surface area contributed by atoms with Crippen molar-refractivity contribution in [3.8, 4) is 0 Å². The molecule has 0 radical (unpaired) electrons. The first kappa shape index (κ1) is 14.8. The molecule has 0 amide bonds. The quantitative estimate of drug-likeness (QED) is 0.617. The summed E-state index contributed by atoms with van der Waals surface area (Å²) in [6.45, 7) is 3.95. The highest BCUT2D eigenvalue weighted by molar-refractivity contribution is 7.32. The third kappa shape index (κ3) is 3.71. The van der Waals surface area contributed by atoms with Crippen molar-refractivity contribution in [2.75, 3.05) is 0 Å². The fourth-order valence-electron chi connectivity index (χ4n) is 1.95. The molecule has 0 unspecified atom stereocenters. The monoisotopic (exact) mass is 326 g/mol. The Kier molecular flexibility index (Phi) is 4.53. The molecule has 19 heavy (non-hydrogen) atoms. The second kappa shape index (κ2) is 5.81. The van der Waals surface area contributed by atoms with Crippen molar-refractivity contribution < 1.29 is 4.12 Å². The summed E-state index contributed by atoms with van der Waals surface area (Å²) < 4.78 is 6.21. The van der Waals surface area contributed by atoms with E-state index in [-0.39, 0.29) is 0 Å². The first-order chi connectivity index (χ1) is 8.92. The molecule has 0 aromatic heterocycles. The maximum absolute atomic E-state index is 6.66. The molecule has 0 spiro atoms. The SMILES string of the molecule is C[Si@](Cl)(O[Si@](C)(Cl)c1ccccc1)c1ccccc1. The Labute approximate surface area is 125 Å². The Morgan fingerprint density at radius 3 is 1.32 bits per heavy atom. The molecular formula is C14H16Cl2OSi2. The van der Waals surface area contributed by atoms with E-state index in [1.165, 1.54) is 0 Å². The lowest BCUT2D eigenvalue weighted by Crippen LogP contribution is -2.55. The van der Waals surface area contributed by atoms with Gasteiger partial charge in [0.25, 0.3) is 0 Å². The molecule has 0 N–H and O–H groups in total. The van der Waals surface area contributed by atoms with E-state index in [2.05, 4.69) is 0 Å². The second-order valence-electron chi connectivity index (χ2n) is 4.67. The molecule has 0 heterocycles. The van der Waals surface area contributed by atoms with E-state index in [1.54, 1.807) is 0 Å². The Morgan fingerprint density at radius 1 is 0.684 bits per heavy atom. The van der Waals surface area contributed by atoms with Gasteiger partial charge in [0.2, 0.25) is 0 Å². The number of rotatable bonds is 4. The van der Waals surface area contributed by atoms with Crippen LogP contribution in [0.15, 0.2) is 60.7 Å². The second-order valence-corrected chi connectivity index (χ2v) is 14.6. The summed E-state index contributed by atoms with van der Waals surface area (Å²) in [5, 5.41) is 2.10. The van der Waals surface area contributed by atoms with Crippen LogP contribution in [-0.4, -0.2) is 15.3 Å². The molecule has 2 aromatic rings. The minimum atomic E-state index is -2.50. The Balaban J connectivity index is 2.25. The first-order valence-corrected chi connectivity index (χ1v) is 12.9. The summed E-state index contributed by atoms with van der Waals surface area (Å²) >= 11 is 13.3. The zero-order chi connectivity index (χ0) is 13.9. The van der Waals surface area contributed by atoms with E-state index < -0.39 is 15.3 Å². The van der Waals surface area contributed by atoms with Crippen LogP contribution in [0.1, 0.15) is 0 Å². The zero-order valence-electron chi connectivity index (χ0n) is 10.9. The minimum absolute atomic E-state index is 1.05. The van der Waals surface area contributed by atoms with E-state index in [1.807, 2.05) is 73.8 Å². The van der Waals surface area contributed by atoms with Gasteiger partial charge < -0.3 is 4.12 Å². The molecule has 0 saturated carbocycles. The molecule has 5 heteroatoms. The van der Waals surface area contributed by atoms with Crippen molar-refractivity contribution >= 4 is 47.8 Å². The zero-order valence-corrected chi connectivity index (χ0v) is 14.4. The highest BCUT2D eigenvalue weighted by atomic mass is 35.6. The highest BCUT2D eigenvalue weighted by Gasteiger charge is 2.40. The van der Waals surface area contributed by atoms with Crippen LogP contribution in [0.25, 0.3) is 0 Å². The van der Waals surface area contributed by atoms with Gasteiger partial charge in [-0.15, -0.1) is 22.2 Å². The van der Waals surface area contributed by atoms with Gasteiger partial charge in [0.15, 0.2) is 0 Å². The third-order valence-corrected chi connectivity index (χ3v) is 11.5. The van der Waals surface area contributed by atoms with E-state index in [0.717, 1.165) is 10.4 Å². The molecule has 100 valence electrons. The van der Waals surface area contributed by atoms with Crippen molar-refractivity contribution in [1.29, 1.82) is 0 Å². The normalized spacial score (nSPS) is 17.5. The highest BCUT2D eigenvalue weighted by Crippen LogP contribution is 2.21. The number of hydrogen-bond donors (Lipinski definition) is 0. The van der Waals surface area contributed by atoms with E-state index in [4.69, 9.17) is 26.3 Å². The van der Waals surface area contributed by atoms with Crippen LogP contribution in [0.4, 0.5) is 0 Å². The predicted octanol–water partition coefficient (Wildman–Crippen LogP) is 3.44. The Bertz CT molecular complexity index is 480. The average molecular weight is 327 g/mol. The summed E-state index contributed by atoms with van der Waals surface area (Å²) in [6.07, 6.45) is 0. The van der Waals surface area contributed by atoms with Crippen molar-refractivity contribution in [1.82, 2.24) is 0 Å². The molecule has 0 fully saturated rings. The standard InChI is InChI=1S/C14H16Cl2OSi2/c1-18(15,13-9-5-3-6-10-13)17-19(2,16)14-11-7-4-8-12-14/h3-12H,1-2H3/t18-,19-/m0/s1. The van der Waals surface area contributed by atoms with Crippen molar-refractivity contribution in [3.63, 3.8) is 0 Å². The van der Waals surface area contributed by atoms with Gasteiger partial charge in [-0.25, -0.2) is 0 Å². The molecule has 0 aliphatic heterocycles. The lowest BCUT2D eigenvalue weighted by molar-refractivity contribution is 0.602. The molecule has 0 aliphatic rings. The van der Waals surface area contributed by atoms with Crippen LogP contribution in [0.3, 0.4) is 0 Å². The van der Waals surface area contributed by atoms with Crippen molar-refractivity contribution in [2.45, 2.75) is 13.1 Å². The van der Waals surface area contributed by atoms with Crippen LogP contribution >= 0.6 is 22.2 Å². The summed E-state index contributed by atoms with van der Waals surface area (Å²) in [5.74, 6) is 0. The largest absolute Gasteiger partial charge is 0.427 e. The molecule has 0 aliphatic carbocycles. The number of benzene rings is 2. The maximum Gasteiger partial charge on any atom is 0.310 e. The summed E-state index contributed by atoms with van der Waals surface area (Å²) in [6, 6.07) is 19.9. The molecule has 1 nitrogen and oxygen atoms in total. The van der Waals surface area contributed by atoms with Gasteiger partial charge in [0.05, 0.1) is 0 Å². The molecule has 0 bridgehead atoms. The van der Waals surface area contributed by atoms with E-state index >= 15 is 0 Å². The van der Waals surface area contributed by atoms with Crippen molar-refractivity contribution in [3.05, 3.63) is 60.7 Å². The van der Waals surface area contributed by atoms with Gasteiger partial charge in [-0.1, -0.05) is 60.7 Å². The number of halogens is 2. The lowest BCUT2D eigenvalue weighted by Gasteiger charge is -2.30. The molecular weight excluding hydrogens is 311 g/mol. The van der Waals surface area contributed by atoms with Crippen LogP contribution < -0.4 is 10.4 Å². The Morgan fingerprint density at radius 2 is 1.00 bits per heavy atom. The Hall–Kier alpha value is -0.586. The topological polar surface area (TPSA) is 9.23 Å². The predicted molar refractivity (Wildman–Crippen MR) is 88.2 cm³/mol. The first-order valence-electron chi connectivity index (χ1n) is 6.11. The summed E-state index contributed by atoms with van der Waals surface area (Å²) in [5.41, 5.74) is 0. The third-order valence-electron chi connectivity index (χ3n) is 2.96. The minimum Gasteiger partial charge on any atom is -0.427 e. The van der Waals surface area contributed by atoms with Gasteiger partial charge in [0.1, 0.15) is 0 Å². The van der Waals surface area contributed by atoms with Gasteiger partial charge in [-0.05, 0) is 23.5 Å². The van der Waals surface area contributed by atoms with Crippen LogP contribution in [0, 0.1) is 0 Å². The van der Waals surface area contributed by atoms with Crippen molar-refractivity contribution in [2.24, 2.45) is 0 Å².